The molecule has 5 heteroatoms. The van der Waals surface area contributed by atoms with Crippen LogP contribution in [-0.2, 0) is 16.0 Å². The molecule has 0 amide bonds. The first-order valence-corrected chi connectivity index (χ1v) is 7.23. The number of ether oxygens (including phenoxy) is 1. The van der Waals surface area contributed by atoms with E-state index in [1.807, 2.05) is 33.8 Å². The van der Waals surface area contributed by atoms with Gasteiger partial charge < -0.3 is 4.74 Å². The van der Waals surface area contributed by atoms with Crippen LogP contribution in [0.5, 0.6) is 0 Å². The van der Waals surface area contributed by atoms with Gasteiger partial charge in [-0.05, 0) is 45.6 Å². The molecule has 0 saturated heterocycles. The Hall–Kier alpha value is -2.17. The third-order valence-corrected chi connectivity index (χ3v) is 2.96. The van der Waals surface area contributed by atoms with Crippen molar-refractivity contribution in [3.8, 4) is 0 Å². The zero-order chi connectivity index (χ0) is 16.9. The average molecular weight is 305 g/mol. The number of nitro benzene ring substituents is 1. The van der Waals surface area contributed by atoms with Crippen LogP contribution >= 0.6 is 0 Å². The van der Waals surface area contributed by atoms with Crippen LogP contribution in [0.2, 0.25) is 0 Å². The van der Waals surface area contributed by atoms with E-state index >= 15 is 0 Å². The van der Waals surface area contributed by atoms with Gasteiger partial charge in [-0.15, -0.1) is 0 Å². The number of hydrogen-bond donors (Lipinski definition) is 0. The molecular weight excluding hydrogens is 282 g/mol. The summed E-state index contributed by atoms with van der Waals surface area (Å²) in [7, 11) is 0. The summed E-state index contributed by atoms with van der Waals surface area (Å²) in [5.74, 6) is -0.183. The van der Waals surface area contributed by atoms with Gasteiger partial charge in [0.2, 0.25) is 0 Å². The van der Waals surface area contributed by atoms with E-state index in [-0.39, 0.29) is 17.6 Å². The van der Waals surface area contributed by atoms with Crippen LogP contribution in [0.4, 0.5) is 5.69 Å². The van der Waals surface area contributed by atoms with Crippen LogP contribution in [0.1, 0.15) is 40.2 Å². The van der Waals surface area contributed by atoms with E-state index in [1.54, 1.807) is 19.1 Å². The highest BCUT2D eigenvalue weighted by Crippen LogP contribution is 2.17. The van der Waals surface area contributed by atoms with Crippen LogP contribution < -0.4 is 0 Å². The molecule has 5 nitrogen and oxygen atoms in total. The molecule has 0 fully saturated rings. The van der Waals surface area contributed by atoms with Gasteiger partial charge in [0, 0.05) is 17.7 Å². The van der Waals surface area contributed by atoms with E-state index in [0.717, 1.165) is 5.56 Å². The lowest BCUT2D eigenvalue weighted by Gasteiger charge is -2.20. The van der Waals surface area contributed by atoms with Gasteiger partial charge in [0.15, 0.2) is 0 Å². The van der Waals surface area contributed by atoms with Gasteiger partial charge >= 0.3 is 5.97 Å². The maximum absolute atomic E-state index is 11.9. The van der Waals surface area contributed by atoms with E-state index in [4.69, 9.17) is 4.74 Å². The van der Waals surface area contributed by atoms with Crippen molar-refractivity contribution < 1.29 is 14.5 Å². The Kier molecular flexibility index (Phi) is 5.85. The number of rotatable bonds is 5. The number of nitro groups is 1. The number of esters is 1. The average Bonchev–Trinajstić information content (AvgIpc) is 2.37. The Balaban J connectivity index is 2.68. The fourth-order valence-electron chi connectivity index (χ4n) is 2.04. The minimum Gasteiger partial charge on any atom is -0.457 e. The monoisotopic (exact) mass is 305 g/mol. The molecule has 22 heavy (non-hydrogen) atoms. The number of non-ortho nitro benzene ring substituents is 1. The number of hydrogen-bond acceptors (Lipinski definition) is 4. The molecule has 0 N–H and O–H groups in total. The van der Waals surface area contributed by atoms with Gasteiger partial charge in [0.25, 0.3) is 5.69 Å². The highest BCUT2D eigenvalue weighted by atomic mass is 16.6. The van der Waals surface area contributed by atoms with E-state index in [9.17, 15) is 14.9 Å². The van der Waals surface area contributed by atoms with Crippen LogP contribution in [-0.4, -0.2) is 16.5 Å². The summed E-state index contributed by atoms with van der Waals surface area (Å²) in [6.07, 6.45) is 2.58. The fourth-order valence-corrected chi connectivity index (χ4v) is 2.04. The molecule has 0 aliphatic heterocycles. The molecule has 1 rings (SSSR count). The molecule has 0 aliphatic carbocycles. The van der Waals surface area contributed by atoms with Crippen molar-refractivity contribution >= 4 is 11.7 Å². The predicted molar refractivity (Wildman–Crippen MR) is 85.6 cm³/mol. The zero-order valence-electron chi connectivity index (χ0n) is 13.8. The van der Waals surface area contributed by atoms with Crippen molar-refractivity contribution in [1.82, 2.24) is 0 Å². The van der Waals surface area contributed by atoms with Crippen LogP contribution in [0, 0.1) is 16.0 Å². The normalized spacial score (nSPS) is 13.6. The minimum atomic E-state index is -0.506. The highest BCUT2D eigenvalue weighted by Gasteiger charge is 2.18. The molecule has 0 unspecified atom stereocenters. The number of carbonyl (C=O) groups excluding carboxylic acids is 1. The summed E-state index contributed by atoms with van der Waals surface area (Å²) in [6, 6.07) is 6.47. The maximum Gasteiger partial charge on any atom is 0.333 e. The number of carbonyl (C=O) groups is 1. The Labute approximate surface area is 131 Å². The van der Waals surface area contributed by atoms with E-state index in [0.29, 0.717) is 12.0 Å². The fraction of sp³-hybridized carbons (Fsp3) is 0.471. The first-order chi connectivity index (χ1) is 10.1. The molecular formula is C17H23NO4. The van der Waals surface area contributed by atoms with Crippen LogP contribution in [0.3, 0.4) is 0 Å². The quantitative estimate of drug-likeness (QED) is 0.356. The Morgan fingerprint density at radius 1 is 1.32 bits per heavy atom. The molecule has 0 aromatic heterocycles. The summed E-state index contributed by atoms with van der Waals surface area (Å²) in [6.45, 7) is 9.23. The third-order valence-electron chi connectivity index (χ3n) is 2.96. The smallest absolute Gasteiger partial charge is 0.333 e. The lowest BCUT2D eigenvalue weighted by molar-refractivity contribution is -0.384. The van der Waals surface area contributed by atoms with Gasteiger partial charge in [-0.1, -0.05) is 25.1 Å². The number of benzene rings is 1. The van der Waals surface area contributed by atoms with Gasteiger partial charge in [0.05, 0.1) is 4.92 Å². The predicted octanol–water partition coefficient (Wildman–Crippen LogP) is 4.06. The van der Waals surface area contributed by atoms with E-state index in [2.05, 4.69) is 0 Å². The molecule has 0 heterocycles. The molecule has 0 saturated carbocycles. The lowest BCUT2D eigenvalue weighted by Crippen LogP contribution is -2.24. The third kappa shape index (κ3) is 6.08. The zero-order valence-corrected chi connectivity index (χ0v) is 13.8. The number of allylic oxidation sites excluding steroid dienone is 1. The highest BCUT2D eigenvalue weighted by molar-refractivity contribution is 5.88. The van der Waals surface area contributed by atoms with Crippen molar-refractivity contribution in [3.63, 3.8) is 0 Å². The SMILES string of the molecule is C/C(=C\[C@@H](C)Cc1ccc([N+](=O)[O-])cc1)C(=O)OC(C)(C)C. The van der Waals surface area contributed by atoms with Crippen LogP contribution in [0.15, 0.2) is 35.9 Å². The minimum absolute atomic E-state index is 0.0804. The maximum atomic E-state index is 11.9. The Morgan fingerprint density at radius 3 is 2.32 bits per heavy atom. The first-order valence-electron chi connectivity index (χ1n) is 7.23. The topological polar surface area (TPSA) is 69.4 Å². The summed E-state index contributed by atoms with van der Waals surface area (Å²) < 4.78 is 5.31. The molecule has 0 spiro atoms. The molecule has 1 aromatic carbocycles. The van der Waals surface area contributed by atoms with Gasteiger partial charge in [-0.25, -0.2) is 4.79 Å². The molecule has 0 radical (unpaired) electrons. The summed E-state index contributed by atoms with van der Waals surface area (Å²) in [4.78, 5) is 22.1. The van der Waals surface area contributed by atoms with Crippen LogP contribution in [0.25, 0.3) is 0 Å². The van der Waals surface area contributed by atoms with Crippen molar-refractivity contribution in [2.24, 2.45) is 5.92 Å². The largest absolute Gasteiger partial charge is 0.457 e. The summed E-state index contributed by atoms with van der Waals surface area (Å²) >= 11 is 0. The van der Waals surface area contributed by atoms with E-state index < -0.39 is 10.5 Å². The van der Waals surface area contributed by atoms with Crippen molar-refractivity contribution in [3.05, 3.63) is 51.6 Å². The lowest BCUT2D eigenvalue weighted by atomic mass is 9.98. The molecule has 0 aliphatic rings. The second-order valence-electron chi connectivity index (χ2n) is 6.46. The standard InChI is InChI=1S/C17H23NO4/c1-12(10-13(2)16(19)22-17(3,4)5)11-14-6-8-15(9-7-14)18(20)21/h6-10,12H,11H2,1-5H3/b13-10+/t12-/m1/s1. The molecule has 0 bridgehead atoms. The summed E-state index contributed by atoms with van der Waals surface area (Å²) in [5, 5.41) is 10.6. The van der Waals surface area contributed by atoms with Crippen molar-refractivity contribution in [2.75, 3.05) is 0 Å². The molecule has 1 aromatic rings. The molecule has 1 atom stereocenters. The second kappa shape index (κ2) is 7.20. The van der Waals surface area contributed by atoms with Gasteiger partial charge in [-0.2, -0.15) is 0 Å². The van der Waals surface area contributed by atoms with Crippen molar-refractivity contribution in [1.29, 1.82) is 0 Å². The summed E-state index contributed by atoms with van der Waals surface area (Å²) in [5.41, 5.74) is 1.14. The number of nitrogens with zero attached hydrogens (tertiary/aromatic N) is 1. The van der Waals surface area contributed by atoms with Gasteiger partial charge in [0.1, 0.15) is 5.60 Å². The van der Waals surface area contributed by atoms with Gasteiger partial charge in [-0.3, -0.25) is 10.1 Å². The van der Waals surface area contributed by atoms with E-state index in [1.165, 1.54) is 12.1 Å². The first kappa shape index (κ1) is 17.9. The Morgan fingerprint density at radius 2 is 1.86 bits per heavy atom. The molecule has 120 valence electrons. The second-order valence-corrected chi connectivity index (χ2v) is 6.46. The van der Waals surface area contributed by atoms with Crippen molar-refractivity contribution in [2.45, 2.75) is 46.6 Å². The Bertz CT molecular complexity index is 567.